The van der Waals surface area contributed by atoms with Crippen LogP contribution in [0.25, 0.3) is 11.1 Å². The Morgan fingerprint density at radius 2 is 1.48 bits per heavy atom. The van der Waals surface area contributed by atoms with Gasteiger partial charge in [0.1, 0.15) is 11.5 Å². The lowest BCUT2D eigenvalue weighted by Crippen LogP contribution is -2.23. The van der Waals surface area contributed by atoms with E-state index in [9.17, 15) is 9.18 Å². The molecule has 25 heavy (non-hydrogen) atoms. The Kier molecular flexibility index (Phi) is 6.99. The maximum absolute atomic E-state index is 13.7. The second-order valence-electron chi connectivity index (χ2n) is 6.42. The minimum Gasteiger partial charge on any atom is -0.494 e. The number of hydrogen-bond donors (Lipinski definition) is 0. The van der Waals surface area contributed by atoms with Gasteiger partial charge in [-0.3, -0.25) is 0 Å². The predicted octanol–water partition coefficient (Wildman–Crippen LogP) is 5.43. The third-order valence-electron chi connectivity index (χ3n) is 3.67. The average Bonchev–Trinajstić information content (AvgIpc) is 2.60. The van der Waals surface area contributed by atoms with Crippen molar-refractivity contribution in [1.82, 2.24) is 0 Å². The van der Waals surface area contributed by atoms with Gasteiger partial charge >= 0.3 is 5.97 Å². The highest BCUT2D eigenvalue weighted by atomic mass is 19.1. The van der Waals surface area contributed by atoms with Crippen LogP contribution in [0.15, 0.2) is 48.5 Å². The van der Waals surface area contributed by atoms with Crippen molar-refractivity contribution < 1.29 is 18.7 Å². The molecule has 3 nitrogen and oxygen atoms in total. The average molecular weight is 344 g/mol. The Hall–Kier alpha value is -2.36. The normalized spacial score (nSPS) is 12.0. The zero-order chi connectivity index (χ0) is 18.2. The molecular weight excluding hydrogens is 319 g/mol. The summed E-state index contributed by atoms with van der Waals surface area (Å²) in [5.41, 5.74) is 2.02. The molecule has 0 spiro atoms. The van der Waals surface area contributed by atoms with Crippen molar-refractivity contribution in [2.24, 2.45) is 5.92 Å². The number of benzene rings is 2. The molecule has 0 heterocycles. The quantitative estimate of drug-likeness (QED) is 0.473. The second kappa shape index (κ2) is 9.21. The van der Waals surface area contributed by atoms with Crippen LogP contribution in [-0.4, -0.2) is 18.7 Å². The van der Waals surface area contributed by atoms with E-state index in [1.54, 1.807) is 12.1 Å². The number of carbonyl (C=O) groups is 1. The predicted molar refractivity (Wildman–Crippen MR) is 97.7 cm³/mol. The van der Waals surface area contributed by atoms with Crippen LogP contribution in [0.4, 0.5) is 4.39 Å². The first-order valence-corrected chi connectivity index (χ1v) is 8.68. The van der Waals surface area contributed by atoms with Gasteiger partial charge in [0.05, 0.1) is 6.61 Å². The highest BCUT2D eigenvalue weighted by Gasteiger charge is 2.20. The molecule has 0 amide bonds. The van der Waals surface area contributed by atoms with E-state index >= 15 is 0 Å². The van der Waals surface area contributed by atoms with Crippen LogP contribution in [0.3, 0.4) is 0 Å². The first-order valence-electron chi connectivity index (χ1n) is 8.68. The van der Waals surface area contributed by atoms with Crippen molar-refractivity contribution in [2.75, 3.05) is 6.61 Å². The Labute approximate surface area is 148 Å². The Bertz CT molecular complexity index is 663. The second-order valence-corrected chi connectivity index (χ2v) is 6.42. The molecule has 0 saturated heterocycles. The first kappa shape index (κ1) is 19.0. The molecule has 0 radical (unpaired) electrons. The Morgan fingerprint density at radius 3 is 1.96 bits per heavy atom. The highest BCUT2D eigenvalue weighted by Crippen LogP contribution is 2.25. The van der Waals surface area contributed by atoms with Crippen LogP contribution in [0, 0.1) is 5.92 Å². The summed E-state index contributed by atoms with van der Waals surface area (Å²) in [4.78, 5) is 11.7. The molecule has 0 fully saturated rings. The van der Waals surface area contributed by atoms with Gasteiger partial charge in [0.25, 0.3) is 0 Å². The largest absolute Gasteiger partial charge is 0.494 e. The van der Waals surface area contributed by atoms with E-state index in [1.807, 2.05) is 50.2 Å². The molecule has 1 unspecified atom stereocenters. The molecule has 1 atom stereocenters. The summed E-state index contributed by atoms with van der Waals surface area (Å²) in [6.45, 7) is 6.50. The van der Waals surface area contributed by atoms with E-state index in [0.717, 1.165) is 23.3 Å². The van der Waals surface area contributed by atoms with Gasteiger partial charge < -0.3 is 9.47 Å². The van der Waals surface area contributed by atoms with Crippen molar-refractivity contribution in [2.45, 2.75) is 39.8 Å². The smallest absolute Gasteiger partial charge is 0.346 e. The van der Waals surface area contributed by atoms with Gasteiger partial charge in [-0.15, -0.1) is 0 Å². The topological polar surface area (TPSA) is 35.5 Å². The number of rotatable bonds is 8. The molecule has 2 aromatic rings. The number of ether oxygens (including phenoxy) is 2. The van der Waals surface area contributed by atoms with Crippen LogP contribution in [0.2, 0.25) is 0 Å². The summed E-state index contributed by atoms with van der Waals surface area (Å²) in [5.74, 6) is 0.464. The van der Waals surface area contributed by atoms with Gasteiger partial charge in [0.15, 0.2) is 6.17 Å². The number of alkyl halides is 1. The van der Waals surface area contributed by atoms with E-state index in [2.05, 4.69) is 6.92 Å². The van der Waals surface area contributed by atoms with E-state index in [1.165, 1.54) is 0 Å². The lowest BCUT2D eigenvalue weighted by molar-refractivity contribution is -0.140. The van der Waals surface area contributed by atoms with Crippen molar-refractivity contribution in [3.8, 4) is 22.6 Å². The molecule has 0 aromatic heterocycles. The Morgan fingerprint density at radius 1 is 0.960 bits per heavy atom. The third-order valence-corrected chi connectivity index (χ3v) is 3.67. The fourth-order valence-corrected chi connectivity index (χ4v) is 2.37. The third kappa shape index (κ3) is 5.89. The van der Waals surface area contributed by atoms with Gasteiger partial charge in [-0.05, 0) is 54.2 Å². The van der Waals surface area contributed by atoms with E-state index in [4.69, 9.17) is 9.47 Å². The number of carbonyl (C=O) groups excluding carboxylic acids is 1. The van der Waals surface area contributed by atoms with Crippen molar-refractivity contribution in [3.05, 3.63) is 48.5 Å². The molecule has 0 saturated carbocycles. The highest BCUT2D eigenvalue weighted by molar-refractivity contribution is 5.77. The van der Waals surface area contributed by atoms with Gasteiger partial charge in [0, 0.05) is 0 Å². The molecule has 0 aliphatic heterocycles. The lowest BCUT2D eigenvalue weighted by Gasteiger charge is -2.11. The lowest BCUT2D eigenvalue weighted by atomic mass is 10.1. The SMILES string of the molecule is CCCOc1ccc(-c2ccc(OC(=O)C(F)CC(C)C)cc2)cc1. The van der Waals surface area contributed by atoms with Crippen molar-refractivity contribution >= 4 is 5.97 Å². The fourth-order valence-electron chi connectivity index (χ4n) is 2.37. The van der Waals surface area contributed by atoms with Crippen LogP contribution >= 0.6 is 0 Å². The van der Waals surface area contributed by atoms with E-state index in [-0.39, 0.29) is 12.3 Å². The van der Waals surface area contributed by atoms with Crippen molar-refractivity contribution in [3.63, 3.8) is 0 Å². The van der Waals surface area contributed by atoms with Gasteiger partial charge in [-0.1, -0.05) is 45.0 Å². The zero-order valence-corrected chi connectivity index (χ0v) is 15.0. The molecule has 0 aliphatic rings. The molecule has 0 aliphatic carbocycles. The van der Waals surface area contributed by atoms with Gasteiger partial charge in [-0.25, -0.2) is 9.18 Å². The number of halogens is 1. The molecule has 0 N–H and O–H groups in total. The maximum Gasteiger partial charge on any atom is 0.346 e. The zero-order valence-electron chi connectivity index (χ0n) is 15.0. The summed E-state index contributed by atoms with van der Waals surface area (Å²) in [6.07, 6.45) is -0.447. The summed E-state index contributed by atoms with van der Waals surface area (Å²) in [7, 11) is 0. The first-order chi connectivity index (χ1) is 12.0. The summed E-state index contributed by atoms with van der Waals surface area (Å²) < 4.78 is 24.4. The standard InChI is InChI=1S/C21H25FO3/c1-4-13-24-18-9-5-16(6-10-18)17-7-11-19(12-8-17)25-21(23)20(22)14-15(2)3/h5-12,15,20H,4,13-14H2,1-3H3. The molecule has 2 rings (SSSR count). The minimum absolute atomic E-state index is 0.106. The molecular formula is C21H25FO3. The maximum atomic E-state index is 13.7. The van der Waals surface area contributed by atoms with Crippen LogP contribution < -0.4 is 9.47 Å². The van der Waals surface area contributed by atoms with E-state index < -0.39 is 12.1 Å². The Balaban J connectivity index is 1.98. The summed E-state index contributed by atoms with van der Waals surface area (Å²) in [6, 6.07) is 14.9. The van der Waals surface area contributed by atoms with E-state index in [0.29, 0.717) is 12.4 Å². The van der Waals surface area contributed by atoms with Gasteiger partial charge in [0.2, 0.25) is 0 Å². The summed E-state index contributed by atoms with van der Waals surface area (Å²) >= 11 is 0. The van der Waals surface area contributed by atoms with Crippen LogP contribution in [-0.2, 0) is 4.79 Å². The number of esters is 1. The van der Waals surface area contributed by atoms with Crippen LogP contribution in [0.5, 0.6) is 11.5 Å². The fraction of sp³-hybridized carbons (Fsp3) is 0.381. The summed E-state index contributed by atoms with van der Waals surface area (Å²) in [5, 5.41) is 0. The molecule has 2 aromatic carbocycles. The minimum atomic E-state index is -1.59. The molecule has 4 heteroatoms. The monoisotopic (exact) mass is 344 g/mol. The van der Waals surface area contributed by atoms with Crippen LogP contribution in [0.1, 0.15) is 33.6 Å². The molecule has 134 valence electrons. The molecule has 0 bridgehead atoms. The number of hydrogen-bond acceptors (Lipinski definition) is 3. The van der Waals surface area contributed by atoms with Gasteiger partial charge in [-0.2, -0.15) is 0 Å². The van der Waals surface area contributed by atoms with Crippen molar-refractivity contribution in [1.29, 1.82) is 0 Å².